The zero-order chi connectivity index (χ0) is 24.8. The highest BCUT2D eigenvalue weighted by Gasteiger charge is 2.19. The number of benzene rings is 2. The third-order valence-corrected chi connectivity index (χ3v) is 5.15. The number of primary amides is 1. The van der Waals surface area contributed by atoms with E-state index < -0.39 is 30.4 Å². The molecule has 2 rings (SSSR count). The number of aliphatic hydroxyl groups excluding tert-OH is 1. The van der Waals surface area contributed by atoms with Crippen molar-refractivity contribution in [1.82, 2.24) is 10.6 Å². The zero-order valence-electron chi connectivity index (χ0n) is 19.0. The number of ether oxygens (including phenoxy) is 1. The lowest BCUT2D eigenvalue weighted by molar-refractivity contribution is -0.129. The molecule has 2 aromatic rings. The molecule has 0 aliphatic rings. The van der Waals surface area contributed by atoms with E-state index in [4.69, 9.17) is 10.5 Å². The number of ketones is 1. The summed E-state index contributed by atoms with van der Waals surface area (Å²) in [7, 11) is 0. The van der Waals surface area contributed by atoms with Gasteiger partial charge in [0.1, 0.15) is 13.2 Å². The number of Topliss-reactive ketones (excluding diaryl/α,β-unsaturated/α-hetero) is 1. The molecule has 0 aliphatic heterocycles. The zero-order valence-corrected chi connectivity index (χ0v) is 19.0. The number of carbonyl (C=O) groups excluding carboxylic acids is 4. The molecule has 0 unspecified atom stereocenters. The van der Waals surface area contributed by atoms with Crippen molar-refractivity contribution in [2.24, 2.45) is 5.73 Å². The van der Waals surface area contributed by atoms with Gasteiger partial charge in [-0.1, -0.05) is 42.5 Å². The molecular formula is C25H31N3O6. The van der Waals surface area contributed by atoms with Crippen molar-refractivity contribution in [2.75, 3.05) is 13.2 Å². The first-order valence-corrected chi connectivity index (χ1v) is 11.1. The van der Waals surface area contributed by atoms with Crippen LogP contribution < -0.4 is 16.4 Å². The lowest BCUT2D eigenvalue weighted by atomic mass is 10.0. The van der Waals surface area contributed by atoms with Crippen LogP contribution in [-0.2, 0) is 27.4 Å². The van der Waals surface area contributed by atoms with E-state index in [1.54, 1.807) is 24.3 Å². The normalized spacial score (nSPS) is 11.3. The fourth-order valence-electron chi connectivity index (χ4n) is 3.21. The second-order valence-electron chi connectivity index (χ2n) is 7.79. The van der Waals surface area contributed by atoms with Crippen molar-refractivity contribution in [1.29, 1.82) is 0 Å². The molecule has 2 aromatic carbocycles. The fourth-order valence-corrected chi connectivity index (χ4v) is 3.21. The molecule has 0 spiro atoms. The minimum atomic E-state index is -0.806. The van der Waals surface area contributed by atoms with Gasteiger partial charge in [0.25, 0.3) is 0 Å². The van der Waals surface area contributed by atoms with Crippen LogP contribution in [0, 0.1) is 0 Å². The van der Waals surface area contributed by atoms with Gasteiger partial charge in [0, 0.05) is 18.5 Å². The second kappa shape index (κ2) is 14.4. The summed E-state index contributed by atoms with van der Waals surface area (Å²) in [4.78, 5) is 47.2. The molecule has 0 bridgehead atoms. The monoisotopic (exact) mass is 469 g/mol. The summed E-state index contributed by atoms with van der Waals surface area (Å²) < 4.78 is 5.12. The number of aliphatic hydroxyl groups is 1. The van der Waals surface area contributed by atoms with E-state index in [1.165, 1.54) is 0 Å². The SMILES string of the molecule is NC(=O)c1ccc(CC[C@@H](NC(=O)CCCCNC(=O)OCc2ccccc2)C(=O)CO)cc1. The standard InChI is InChI=1S/C25H31N3O6/c26-24(32)20-12-9-18(10-13-20)11-14-21(22(30)16-29)28-23(31)8-4-5-15-27-25(33)34-17-19-6-2-1-3-7-19/h1-3,6-7,9-10,12-13,21,29H,4-5,8,11,14-17H2,(H2,26,32)(H,27,33)(H,28,31)/t21-/m1/s1. The fraction of sp³-hybridized carbons (Fsp3) is 0.360. The van der Waals surface area contributed by atoms with Gasteiger partial charge in [-0.05, 0) is 48.9 Å². The van der Waals surface area contributed by atoms with Crippen molar-refractivity contribution < 1.29 is 29.0 Å². The third-order valence-electron chi connectivity index (χ3n) is 5.15. The van der Waals surface area contributed by atoms with Gasteiger partial charge in [-0.3, -0.25) is 14.4 Å². The Bertz CT molecular complexity index is 947. The number of hydrogen-bond acceptors (Lipinski definition) is 6. The molecule has 0 saturated heterocycles. The maximum atomic E-state index is 12.3. The molecule has 0 saturated carbocycles. The minimum Gasteiger partial charge on any atom is -0.445 e. The van der Waals surface area contributed by atoms with E-state index in [1.807, 2.05) is 30.3 Å². The summed E-state index contributed by atoms with van der Waals surface area (Å²) in [6.07, 6.45) is 1.54. The van der Waals surface area contributed by atoms with Gasteiger partial charge < -0.3 is 26.2 Å². The second-order valence-corrected chi connectivity index (χ2v) is 7.79. The Morgan fingerprint density at radius 3 is 2.29 bits per heavy atom. The van der Waals surface area contributed by atoms with Crippen molar-refractivity contribution in [3.8, 4) is 0 Å². The van der Waals surface area contributed by atoms with Crippen molar-refractivity contribution in [2.45, 2.75) is 44.8 Å². The van der Waals surface area contributed by atoms with E-state index in [2.05, 4.69) is 10.6 Å². The average Bonchev–Trinajstić information content (AvgIpc) is 2.85. The topological polar surface area (TPSA) is 148 Å². The van der Waals surface area contributed by atoms with E-state index in [0.717, 1.165) is 11.1 Å². The minimum absolute atomic E-state index is 0.184. The number of nitrogens with one attached hydrogen (secondary N) is 2. The van der Waals surface area contributed by atoms with E-state index in [9.17, 15) is 24.3 Å². The van der Waals surface area contributed by atoms with Crippen LogP contribution in [-0.4, -0.2) is 48.0 Å². The predicted octanol–water partition coefficient (Wildman–Crippen LogP) is 1.86. The number of amides is 3. The van der Waals surface area contributed by atoms with Gasteiger partial charge in [-0.25, -0.2) is 4.79 Å². The first-order chi connectivity index (χ1) is 16.4. The third kappa shape index (κ3) is 9.83. The van der Waals surface area contributed by atoms with Gasteiger partial charge in [-0.15, -0.1) is 0 Å². The highest BCUT2D eigenvalue weighted by molar-refractivity contribution is 5.92. The highest BCUT2D eigenvalue weighted by Crippen LogP contribution is 2.09. The summed E-state index contributed by atoms with van der Waals surface area (Å²) in [6, 6.07) is 15.2. The highest BCUT2D eigenvalue weighted by atomic mass is 16.5. The first-order valence-electron chi connectivity index (χ1n) is 11.1. The van der Waals surface area contributed by atoms with Crippen LogP contribution in [0.2, 0.25) is 0 Å². The molecule has 0 aliphatic carbocycles. The molecular weight excluding hydrogens is 438 g/mol. The number of nitrogens with two attached hydrogens (primary N) is 1. The molecule has 34 heavy (non-hydrogen) atoms. The van der Waals surface area contributed by atoms with E-state index >= 15 is 0 Å². The number of hydrogen-bond donors (Lipinski definition) is 4. The van der Waals surface area contributed by atoms with Crippen molar-refractivity contribution >= 4 is 23.7 Å². The van der Waals surface area contributed by atoms with Crippen LogP contribution in [0.4, 0.5) is 4.79 Å². The van der Waals surface area contributed by atoms with Crippen LogP contribution >= 0.6 is 0 Å². The van der Waals surface area contributed by atoms with Crippen LogP contribution in [0.25, 0.3) is 0 Å². The molecule has 0 radical (unpaired) electrons. The lowest BCUT2D eigenvalue weighted by Crippen LogP contribution is -2.42. The number of unbranched alkanes of at least 4 members (excludes halogenated alkanes) is 1. The van der Waals surface area contributed by atoms with Crippen LogP contribution in [0.3, 0.4) is 0 Å². The maximum Gasteiger partial charge on any atom is 0.407 e. The Morgan fingerprint density at radius 2 is 1.65 bits per heavy atom. The number of rotatable bonds is 14. The molecule has 9 heteroatoms. The Hall–Kier alpha value is -3.72. The number of alkyl carbamates (subject to hydrolysis) is 1. The lowest BCUT2D eigenvalue weighted by Gasteiger charge is -2.17. The summed E-state index contributed by atoms with van der Waals surface area (Å²) in [5.74, 6) is -1.29. The maximum absolute atomic E-state index is 12.3. The first kappa shape index (κ1) is 26.5. The summed E-state index contributed by atoms with van der Waals surface area (Å²) in [5.41, 5.74) is 7.38. The predicted molar refractivity (Wildman–Crippen MR) is 126 cm³/mol. The smallest absolute Gasteiger partial charge is 0.407 e. The molecule has 0 fully saturated rings. The molecule has 3 amide bonds. The van der Waals surface area contributed by atoms with Gasteiger partial charge in [-0.2, -0.15) is 0 Å². The number of carbonyl (C=O) groups is 4. The van der Waals surface area contributed by atoms with Gasteiger partial charge in [0.15, 0.2) is 5.78 Å². The van der Waals surface area contributed by atoms with Crippen LogP contribution in [0.5, 0.6) is 0 Å². The quantitative estimate of drug-likeness (QED) is 0.311. The Kier molecular flexibility index (Phi) is 11.3. The summed E-state index contributed by atoms with van der Waals surface area (Å²) in [5, 5.41) is 14.5. The molecule has 5 N–H and O–H groups in total. The van der Waals surface area contributed by atoms with E-state index in [0.29, 0.717) is 37.8 Å². The number of aryl methyl sites for hydroxylation is 1. The molecule has 1 atom stereocenters. The molecule has 0 heterocycles. The molecule has 9 nitrogen and oxygen atoms in total. The average molecular weight is 470 g/mol. The van der Waals surface area contributed by atoms with Crippen molar-refractivity contribution in [3.05, 3.63) is 71.3 Å². The largest absolute Gasteiger partial charge is 0.445 e. The summed E-state index contributed by atoms with van der Waals surface area (Å²) in [6.45, 7) is -0.119. The van der Waals surface area contributed by atoms with Crippen molar-refractivity contribution in [3.63, 3.8) is 0 Å². The Labute approximate surface area is 198 Å². The van der Waals surface area contributed by atoms with Gasteiger partial charge >= 0.3 is 6.09 Å². The van der Waals surface area contributed by atoms with Gasteiger partial charge in [0.05, 0.1) is 6.04 Å². The van der Waals surface area contributed by atoms with Crippen LogP contribution in [0.1, 0.15) is 47.2 Å². The van der Waals surface area contributed by atoms with E-state index in [-0.39, 0.29) is 18.9 Å². The van der Waals surface area contributed by atoms with Gasteiger partial charge in [0.2, 0.25) is 11.8 Å². The summed E-state index contributed by atoms with van der Waals surface area (Å²) >= 11 is 0. The Morgan fingerprint density at radius 1 is 0.941 bits per heavy atom. The Balaban J connectivity index is 1.66. The molecule has 182 valence electrons. The molecule has 0 aromatic heterocycles. The van der Waals surface area contributed by atoms with Crippen LogP contribution in [0.15, 0.2) is 54.6 Å².